The van der Waals surface area contributed by atoms with Crippen molar-refractivity contribution in [1.82, 2.24) is 10.2 Å². The molecule has 76 valence electrons. The fraction of sp³-hybridized carbons (Fsp3) is 0. The van der Waals surface area contributed by atoms with Crippen molar-refractivity contribution >= 4 is 28.3 Å². The SMILES string of the molecule is Nc1c(-c2ccccc2)n[nH]c(=O)c1I. The molecule has 15 heavy (non-hydrogen) atoms. The Labute approximate surface area is 99.7 Å². The highest BCUT2D eigenvalue weighted by Crippen LogP contribution is 2.23. The molecular formula is C10H8IN3O. The predicted molar refractivity (Wildman–Crippen MR) is 67.4 cm³/mol. The molecule has 0 spiro atoms. The zero-order chi connectivity index (χ0) is 10.8. The van der Waals surface area contributed by atoms with Gasteiger partial charge in [0.1, 0.15) is 9.26 Å². The van der Waals surface area contributed by atoms with E-state index < -0.39 is 0 Å². The second-order valence-electron chi connectivity index (χ2n) is 3.00. The summed E-state index contributed by atoms with van der Waals surface area (Å²) < 4.78 is 0.474. The van der Waals surface area contributed by atoms with Crippen molar-refractivity contribution in [3.63, 3.8) is 0 Å². The van der Waals surface area contributed by atoms with Gasteiger partial charge in [-0.25, -0.2) is 5.10 Å². The van der Waals surface area contributed by atoms with E-state index in [1.165, 1.54) is 0 Å². The topological polar surface area (TPSA) is 71.8 Å². The molecular weight excluding hydrogens is 305 g/mol. The van der Waals surface area contributed by atoms with E-state index in [0.717, 1.165) is 5.56 Å². The predicted octanol–water partition coefficient (Wildman–Crippen LogP) is 1.62. The van der Waals surface area contributed by atoms with Crippen molar-refractivity contribution in [3.05, 3.63) is 44.3 Å². The van der Waals surface area contributed by atoms with Gasteiger partial charge >= 0.3 is 0 Å². The molecule has 0 saturated carbocycles. The molecule has 0 unspecified atom stereocenters. The van der Waals surface area contributed by atoms with E-state index in [4.69, 9.17) is 5.73 Å². The molecule has 0 aliphatic heterocycles. The van der Waals surface area contributed by atoms with Gasteiger partial charge in [-0.05, 0) is 22.6 Å². The number of aromatic nitrogens is 2. The van der Waals surface area contributed by atoms with E-state index in [0.29, 0.717) is 15.0 Å². The monoisotopic (exact) mass is 313 g/mol. The lowest BCUT2D eigenvalue weighted by Gasteiger charge is -2.04. The van der Waals surface area contributed by atoms with Crippen LogP contribution in [0.25, 0.3) is 11.3 Å². The van der Waals surface area contributed by atoms with Crippen LogP contribution in [0.4, 0.5) is 5.69 Å². The highest BCUT2D eigenvalue weighted by molar-refractivity contribution is 14.1. The van der Waals surface area contributed by atoms with Gasteiger partial charge in [0.05, 0.1) is 5.69 Å². The number of hydrogen-bond donors (Lipinski definition) is 2. The molecule has 0 fully saturated rings. The Kier molecular flexibility index (Phi) is 2.72. The summed E-state index contributed by atoms with van der Waals surface area (Å²) in [5.74, 6) is 0. The van der Waals surface area contributed by atoms with E-state index >= 15 is 0 Å². The van der Waals surface area contributed by atoms with Crippen LogP contribution in [0.15, 0.2) is 35.1 Å². The number of aromatic amines is 1. The first-order chi connectivity index (χ1) is 7.20. The van der Waals surface area contributed by atoms with Gasteiger partial charge in [-0.3, -0.25) is 4.79 Å². The molecule has 2 aromatic rings. The quantitative estimate of drug-likeness (QED) is 0.786. The first kappa shape index (κ1) is 10.2. The Morgan fingerprint density at radius 3 is 2.60 bits per heavy atom. The van der Waals surface area contributed by atoms with Gasteiger partial charge in [-0.2, -0.15) is 5.10 Å². The maximum atomic E-state index is 11.2. The summed E-state index contributed by atoms with van der Waals surface area (Å²) in [5, 5.41) is 6.36. The number of halogens is 1. The van der Waals surface area contributed by atoms with Crippen LogP contribution in [0.1, 0.15) is 0 Å². The fourth-order valence-electron chi connectivity index (χ4n) is 1.26. The largest absolute Gasteiger partial charge is 0.396 e. The Morgan fingerprint density at radius 1 is 1.27 bits per heavy atom. The molecule has 0 saturated heterocycles. The van der Waals surface area contributed by atoms with Gasteiger partial charge < -0.3 is 5.73 Å². The van der Waals surface area contributed by atoms with E-state index in [-0.39, 0.29) is 5.56 Å². The third kappa shape index (κ3) is 1.87. The number of anilines is 1. The normalized spacial score (nSPS) is 10.2. The lowest BCUT2D eigenvalue weighted by molar-refractivity contribution is 0.988. The van der Waals surface area contributed by atoms with Gasteiger partial charge in [-0.1, -0.05) is 30.3 Å². The lowest BCUT2D eigenvalue weighted by atomic mass is 10.1. The molecule has 5 heteroatoms. The van der Waals surface area contributed by atoms with Crippen LogP contribution < -0.4 is 11.3 Å². The first-order valence-electron chi connectivity index (χ1n) is 4.29. The third-order valence-electron chi connectivity index (χ3n) is 2.01. The molecule has 0 radical (unpaired) electrons. The molecule has 0 atom stereocenters. The van der Waals surface area contributed by atoms with E-state index in [2.05, 4.69) is 10.2 Å². The number of nitrogens with zero attached hydrogens (tertiary/aromatic N) is 1. The Morgan fingerprint density at radius 2 is 1.93 bits per heavy atom. The summed E-state index contributed by atoms with van der Waals surface area (Å²) >= 11 is 1.91. The Hall–Kier alpha value is -1.37. The van der Waals surface area contributed by atoms with Gasteiger partial charge in [-0.15, -0.1) is 0 Å². The molecule has 1 aromatic carbocycles. The molecule has 2 rings (SSSR count). The van der Waals surface area contributed by atoms with Crippen molar-refractivity contribution < 1.29 is 0 Å². The average Bonchev–Trinajstić information content (AvgIpc) is 2.27. The standard InChI is InChI=1S/C10H8IN3O/c11-7-8(12)9(13-14-10(7)15)6-4-2-1-3-5-6/h1-5H,(H3,12,14,15). The number of nitrogen functional groups attached to an aromatic ring is 1. The minimum absolute atomic E-state index is 0.257. The van der Waals surface area contributed by atoms with Crippen LogP contribution in [0.5, 0.6) is 0 Å². The molecule has 1 heterocycles. The van der Waals surface area contributed by atoms with Gasteiger partial charge in [0.25, 0.3) is 5.56 Å². The van der Waals surface area contributed by atoms with Crippen LogP contribution in [-0.4, -0.2) is 10.2 Å². The van der Waals surface area contributed by atoms with E-state index in [1.54, 1.807) is 0 Å². The summed E-state index contributed by atoms with van der Waals surface area (Å²) in [5.41, 5.74) is 7.49. The fourth-order valence-corrected chi connectivity index (χ4v) is 1.63. The summed E-state index contributed by atoms with van der Waals surface area (Å²) in [6.07, 6.45) is 0. The van der Waals surface area contributed by atoms with Crippen molar-refractivity contribution in [2.75, 3.05) is 5.73 Å². The second-order valence-corrected chi connectivity index (χ2v) is 4.07. The summed E-state index contributed by atoms with van der Waals surface area (Å²) in [6, 6.07) is 9.50. The smallest absolute Gasteiger partial charge is 0.279 e. The molecule has 0 aliphatic carbocycles. The molecule has 0 amide bonds. The first-order valence-corrected chi connectivity index (χ1v) is 5.37. The Bertz CT molecular complexity index is 536. The maximum absolute atomic E-state index is 11.2. The second kappa shape index (κ2) is 4.01. The molecule has 0 aliphatic rings. The summed E-state index contributed by atoms with van der Waals surface area (Å²) in [4.78, 5) is 11.2. The highest BCUT2D eigenvalue weighted by atomic mass is 127. The van der Waals surface area contributed by atoms with Crippen molar-refractivity contribution in [2.24, 2.45) is 0 Å². The van der Waals surface area contributed by atoms with Crippen molar-refractivity contribution in [2.45, 2.75) is 0 Å². The molecule has 4 nitrogen and oxygen atoms in total. The highest BCUT2D eigenvalue weighted by Gasteiger charge is 2.09. The Balaban J connectivity index is 2.65. The number of nitrogens with two attached hydrogens (primary N) is 1. The molecule has 1 aromatic heterocycles. The minimum Gasteiger partial charge on any atom is -0.396 e. The average molecular weight is 313 g/mol. The van der Waals surface area contributed by atoms with Crippen LogP contribution in [0.3, 0.4) is 0 Å². The van der Waals surface area contributed by atoms with Crippen molar-refractivity contribution in [1.29, 1.82) is 0 Å². The zero-order valence-corrected chi connectivity index (χ0v) is 9.86. The maximum Gasteiger partial charge on any atom is 0.279 e. The zero-order valence-electron chi connectivity index (χ0n) is 7.70. The molecule has 0 bridgehead atoms. The summed E-state index contributed by atoms with van der Waals surface area (Å²) in [6.45, 7) is 0. The van der Waals surface area contributed by atoms with Crippen molar-refractivity contribution in [3.8, 4) is 11.3 Å². The molecule has 3 N–H and O–H groups in total. The van der Waals surface area contributed by atoms with Crippen LogP contribution in [0, 0.1) is 3.57 Å². The lowest BCUT2D eigenvalue weighted by Crippen LogP contribution is -2.15. The number of benzene rings is 1. The minimum atomic E-state index is -0.257. The van der Waals surface area contributed by atoms with E-state index in [9.17, 15) is 4.79 Å². The van der Waals surface area contributed by atoms with Gasteiger partial charge in [0.15, 0.2) is 0 Å². The van der Waals surface area contributed by atoms with Crippen LogP contribution in [-0.2, 0) is 0 Å². The third-order valence-corrected chi connectivity index (χ3v) is 3.08. The number of hydrogen-bond acceptors (Lipinski definition) is 3. The van der Waals surface area contributed by atoms with Gasteiger partial charge in [0.2, 0.25) is 0 Å². The van der Waals surface area contributed by atoms with E-state index in [1.807, 2.05) is 52.9 Å². The van der Waals surface area contributed by atoms with Gasteiger partial charge in [0, 0.05) is 5.56 Å². The number of rotatable bonds is 1. The number of nitrogens with one attached hydrogen (secondary N) is 1. The number of H-pyrrole nitrogens is 1. The van der Waals surface area contributed by atoms with Crippen LogP contribution in [0.2, 0.25) is 0 Å². The van der Waals surface area contributed by atoms with Crippen LogP contribution >= 0.6 is 22.6 Å². The summed E-state index contributed by atoms with van der Waals surface area (Å²) in [7, 11) is 0.